The van der Waals surface area contributed by atoms with Gasteiger partial charge in [0.05, 0.1) is 4.90 Å². The molecule has 7 heteroatoms. The maximum absolute atomic E-state index is 13.0. The molecule has 1 N–H and O–H groups in total. The quantitative estimate of drug-likeness (QED) is 0.892. The number of sulfonamides is 1. The minimum absolute atomic E-state index is 0. The maximum atomic E-state index is 13.0. The highest BCUT2D eigenvalue weighted by Gasteiger charge is 2.28. The summed E-state index contributed by atoms with van der Waals surface area (Å²) >= 11 is 0. The average Bonchev–Trinajstić information content (AvgIpc) is 2.29. The largest absolute Gasteiger partial charge is 0.312 e. The van der Waals surface area contributed by atoms with Crippen molar-refractivity contribution < 1.29 is 12.8 Å². The lowest BCUT2D eigenvalue weighted by molar-refractivity contribution is 0.310. The fourth-order valence-corrected chi connectivity index (χ4v) is 3.45. The van der Waals surface area contributed by atoms with E-state index in [9.17, 15) is 12.8 Å². The summed E-state index contributed by atoms with van der Waals surface area (Å²) in [5.74, 6) is -0.533. The first-order valence-corrected chi connectivity index (χ1v) is 6.93. The van der Waals surface area contributed by atoms with E-state index in [1.165, 1.54) is 22.5 Å². The highest BCUT2D eigenvalue weighted by molar-refractivity contribution is 7.89. The number of benzene rings is 1. The van der Waals surface area contributed by atoms with Crippen molar-refractivity contribution in [2.45, 2.75) is 17.9 Å². The Bertz CT molecular complexity index is 510. The van der Waals surface area contributed by atoms with Gasteiger partial charge in [-0.15, -0.1) is 12.4 Å². The Morgan fingerprint density at radius 3 is 2.78 bits per heavy atom. The fraction of sp³-hybridized carbons (Fsp3) is 0.455. The molecule has 1 aromatic carbocycles. The third-order valence-electron chi connectivity index (χ3n) is 2.77. The minimum atomic E-state index is -3.56. The van der Waals surface area contributed by atoms with E-state index in [4.69, 9.17) is 0 Å². The predicted octanol–water partition coefficient (Wildman–Crippen LogP) is 1.23. The number of halogens is 2. The number of hydrogen-bond donors (Lipinski definition) is 1. The number of piperazine rings is 1. The fourth-order valence-electron chi connectivity index (χ4n) is 1.89. The third-order valence-corrected chi connectivity index (χ3v) is 4.63. The van der Waals surface area contributed by atoms with E-state index in [1.807, 2.05) is 6.92 Å². The molecule has 1 saturated heterocycles. The number of nitrogens with one attached hydrogen (secondary N) is 1. The van der Waals surface area contributed by atoms with E-state index in [0.717, 1.165) is 6.07 Å². The summed E-state index contributed by atoms with van der Waals surface area (Å²) in [6.07, 6.45) is 0. The van der Waals surface area contributed by atoms with Crippen LogP contribution in [0.5, 0.6) is 0 Å². The zero-order valence-corrected chi connectivity index (χ0v) is 11.6. The van der Waals surface area contributed by atoms with Gasteiger partial charge in [-0.25, -0.2) is 12.8 Å². The van der Waals surface area contributed by atoms with Crippen LogP contribution in [0.4, 0.5) is 4.39 Å². The highest BCUT2D eigenvalue weighted by atomic mass is 35.5. The SMILES string of the molecule is CC1CN(S(=O)(=O)c2cccc(F)c2)CCN1.Cl. The molecule has 4 nitrogen and oxygen atoms in total. The van der Waals surface area contributed by atoms with E-state index in [0.29, 0.717) is 19.6 Å². The molecule has 1 aromatic rings. The van der Waals surface area contributed by atoms with Gasteiger partial charge in [0, 0.05) is 25.7 Å². The van der Waals surface area contributed by atoms with Gasteiger partial charge in [-0.05, 0) is 25.1 Å². The van der Waals surface area contributed by atoms with E-state index < -0.39 is 15.8 Å². The van der Waals surface area contributed by atoms with Gasteiger partial charge >= 0.3 is 0 Å². The summed E-state index contributed by atoms with van der Waals surface area (Å²) in [4.78, 5) is 0.0200. The molecule has 0 bridgehead atoms. The van der Waals surface area contributed by atoms with Crippen molar-refractivity contribution in [3.63, 3.8) is 0 Å². The minimum Gasteiger partial charge on any atom is -0.312 e. The number of rotatable bonds is 2. The summed E-state index contributed by atoms with van der Waals surface area (Å²) in [5.41, 5.74) is 0. The predicted molar refractivity (Wildman–Crippen MR) is 69.9 cm³/mol. The Labute approximate surface area is 113 Å². The molecule has 1 atom stereocenters. The van der Waals surface area contributed by atoms with E-state index in [1.54, 1.807) is 0 Å². The first-order valence-electron chi connectivity index (χ1n) is 5.49. The number of nitrogens with zero attached hydrogens (tertiary/aromatic N) is 1. The van der Waals surface area contributed by atoms with Crippen LogP contribution in [0.25, 0.3) is 0 Å². The summed E-state index contributed by atoms with van der Waals surface area (Å²) < 4.78 is 38.9. The van der Waals surface area contributed by atoms with Gasteiger partial charge in [-0.3, -0.25) is 0 Å². The molecule has 2 rings (SSSR count). The van der Waals surface area contributed by atoms with Gasteiger partial charge in [0.15, 0.2) is 0 Å². The van der Waals surface area contributed by atoms with Crippen LogP contribution in [0.2, 0.25) is 0 Å². The standard InChI is InChI=1S/C11H15FN2O2S.ClH/c1-9-8-14(6-5-13-9)17(15,16)11-4-2-3-10(12)7-11;/h2-4,7,9,13H,5-6,8H2,1H3;1H. The van der Waals surface area contributed by atoms with E-state index in [-0.39, 0.29) is 23.3 Å². The third kappa shape index (κ3) is 3.20. The second-order valence-electron chi connectivity index (χ2n) is 4.18. The topological polar surface area (TPSA) is 49.4 Å². The van der Waals surface area contributed by atoms with Crippen molar-refractivity contribution in [1.29, 1.82) is 0 Å². The zero-order chi connectivity index (χ0) is 12.5. The van der Waals surface area contributed by atoms with Gasteiger partial charge in [-0.2, -0.15) is 4.31 Å². The molecule has 0 amide bonds. The van der Waals surface area contributed by atoms with Gasteiger partial charge < -0.3 is 5.32 Å². The van der Waals surface area contributed by atoms with Crippen LogP contribution in [0.1, 0.15) is 6.92 Å². The molecule has 1 heterocycles. The van der Waals surface area contributed by atoms with E-state index in [2.05, 4.69) is 5.32 Å². The molecular formula is C11H16ClFN2O2S. The Morgan fingerprint density at radius 2 is 2.17 bits per heavy atom. The molecule has 1 aliphatic rings. The van der Waals surface area contributed by atoms with Gasteiger partial charge in [0.1, 0.15) is 5.82 Å². The molecule has 1 aliphatic heterocycles. The van der Waals surface area contributed by atoms with Crippen LogP contribution in [0.15, 0.2) is 29.2 Å². The monoisotopic (exact) mass is 294 g/mol. The Hall–Kier alpha value is -0.690. The number of hydrogen-bond acceptors (Lipinski definition) is 3. The van der Waals surface area contributed by atoms with Crippen LogP contribution < -0.4 is 5.32 Å². The smallest absolute Gasteiger partial charge is 0.243 e. The zero-order valence-electron chi connectivity index (χ0n) is 9.97. The molecule has 0 radical (unpaired) electrons. The second kappa shape index (κ2) is 5.97. The lowest BCUT2D eigenvalue weighted by atomic mass is 10.3. The van der Waals surface area contributed by atoms with Crippen molar-refractivity contribution in [1.82, 2.24) is 9.62 Å². The molecule has 1 unspecified atom stereocenters. The maximum Gasteiger partial charge on any atom is 0.243 e. The van der Waals surface area contributed by atoms with Gasteiger partial charge in [0.2, 0.25) is 10.0 Å². The van der Waals surface area contributed by atoms with Gasteiger partial charge in [-0.1, -0.05) is 6.07 Å². The Balaban J connectivity index is 0.00000162. The molecule has 1 fully saturated rings. The highest BCUT2D eigenvalue weighted by Crippen LogP contribution is 2.17. The normalized spacial score (nSPS) is 21.3. The lowest BCUT2D eigenvalue weighted by Gasteiger charge is -2.30. The Kier molecular flexibility index (Phi) is 5.10. The van der Waals surface area contributed by atoms with Gasteiger partial charge in [0.25, 0.3) is 0 Å². The van der Waals surface area contributed by atoms with Crippen LogP contribution in [-0.2, 0) is 10.0 Å². The van der Waals surface area contributed by atoms with Crippen molar-refractivity contribution in [2.24, 2.45) is 0 Å². The van der Waals surface area contributed by atoms with Crippen molar-refractivity contribution >= 4 is 22.4 Å². The molecule has 102 valence electrons. The lowest BCUT2D eigenvalue weighted by Crippen LogP contribution is -2.51. The molecule has 18 heavy (non-hydrogen) atoms. The summed E-state index contributed by atoms with van der Waals surface area (Å²) in [7, 11) is -3.56. The second-order valence-corrected chi connectivity index (χ2v) is 6.11. The summed E-state index contributed by atoms with van der Waals surface area (Å²) in [6.45, 7) is 3.38. The average molecular weight is 295 g/mol. The van der Waals surface area contributed by atoms with E-state index >= 15 is 0 Å². The van der Waals surface area contributed by atoms with Crippen molar-refractivity contribution in [2.75, 3.05) is 19.6 Å². The molecule has 0 aromatic heterocycles. The first kappa shape index (κ1) is 15.4. The molecular weight excluding hydrogens is 279 g/mol. The van der Waals surface area contributed by atoms with Crippen LogP contribution >= 0.6 is 12.4 Å². The van der Waals surface area contributed by atoms with Crippen LogP contribution in [0, 0.1) is 5.82 Å². The molecule has 0 saturated carbocycles. The summed E-state index contributed by atoms with van der Waals surface area (Å²) in [5, 5.41) is 3.17. The van der Waals surface area contributed by atoms with Crippen molar-refractivity contribution in [3.8, 4) is 0 Å². The molecule has 0 aliphatic carbocycles. The van der Waals surface area contributed by atoms with Crippen LogP contribution in [0.3, 0.4) is 0 Å². The Morgan fingerprint density at radius 1 is 1.44 bits per heavy atom. The summed E-state index contributed by atoms with van der Waals surface area (Å²) in [6, 6.07) is 5.24. The van der Waals surface area contributed by atoms with Crippen molar-refractivity contribution in [3.05, 3.63) is 30.1 Å². The first-order chi connectivity index (χ1) is 8.00. The van der Waals surface area contributed by atoms with Crippen LogP contribution in [-0.4, -0.2) is 38.4 Å². The molecule has 0 spiro atoms.